The van der Waals surface area contributed by atoms with E-state index in [0.717, 1.165) is 37.8 Å². The smallest absolute Gasteiger partial charge is 0.254 e. The quantitative estimate of drug-likeness (QED) is 0.669. The van der Waals surface area contributed by atoms with Gasteiger partial charge in [0.2, 0.25) is 5.95 Å². The second-order valence-corrected chi connectivity index (χ2v) is 6.86. The third-order valence-electron chi connectivity index (χ3n) is 4.69. The van der Waals surface area contributed by atoms with Crippen LogP contribution in [0.25, 0.3) is 0 Å². The molecule has 1 aromatic rings. The van der Waals surface area contributed by atoms with E-state index in [2.05, 4.69) is 27.2 Å². The van der Waals surface area contributed by atoms with Crippen molar-refractivity contribution < 1.29 is 9.53 Å². The Morgan fingerprint density at radius 1 is 1.28 bits per heavy atom. The number of anilines is 2. The number of nitrogens with two attached hydrogens (primary N) is 1. The Labute approximate surface area is 148 Å². The van der Waals surface area contributed by atoms with Crippen molar-refractivity contribution in [3.63, 3.8) is 0 Å². The van der Waals surface area contributed by atoms with E-state index >= 15 is 0 Å². The number of rotatable bonds is 8. The summed E-state index contributed by atoms with van der Waals surface area (Å²) < 4.78 is 5.99. The van der Waals surface area contributed by atoms with Crippen LogP contribution in [0.15, 0.2) is 18.5 Å². The number of carbonyl (C=O) groups is 1. The molecule has 7 nitrogen and oxygen atoms in total. The monoisotopic (exact) mass is 345 g/mol. The standard InChI is InChI=1S/C18H27N5O2/c1-3-11(2)21-17-15(16(19)24)10-20-18(23-17)22-12-4-6-13(7-5-12)25-14-8-9-14/h10,12-14H,2-9H2,1H3,(H2,19,24)(H2,20,21,22,23)/t12-,13-. The Morgan fingerprint density at radius 2 is 1.92 bits per heavy atom. The van der Waals surface area contributed by atoms with E-state index in [4.69, 9.17) is 10.5 Å². The molecule has 2 aliphatic carbocycles. The summed E-state index contributed by atoms with van der Waals surface area (Å²) in [6.07, 6.45) is 9.73. The van der Waals surface area contributed by atoms with Crippen LogP contribution in [0.3, 0.4) is 0 Å². The first-order chi connectivity index (χ1) is 12.0. The fourth-order valence-corrected chi connectivity index (χ4v) is 2.98. The molecule has 0 spiro atoms. The molecule has 25 heavy (non-hydrogen) atoms. The van der Waals surface area contributed by atoms with Gasteiger partial charge in [0.15, 0.2) is 0 Å². The fraction of sp³-hybridized carbons (Fsp3) is 0.611. The van der Waals surface area contributed by atoms with Crippen molar-refractivity contribution in [2.24, 2.45) is 5.73 Å². The van der Waals surface area contributed by atoms with Gasteiger partial charge in [-0.05, 0) is 44.9 Å². The van der Waals surface area contributed by atoms with Crippen LogP contribution in [0.2, 0.25) is 0 Å². The maximum atomic E-state index is 11.6. The fourth-order valence-electron chi connectivity index (χ4n) is 2.98. The van der Waals surface area contributed by atoms with Crippen LogP contribution in [-0.2, 0) is 4.74 Å². The molecule has 7 heteroatoms. The van der Waals surface area contributed by atoms with E-state index in [1.165, 1.54) is 19.0 Å². The third kappa shape index (κ3) is 4.92. The minimum Gasteiger partial charge on any atom is -0.375 e. The van der Waals surface area contributed by atoms with Crippen LogP contribution in [0.1, 0.15) is 62.2 Å². The molecule has 1 amide bonds. The first kappa shape index (κ1) is 17.7. The highest BCUT2D eigenvalue weighted by atomic mass is 16.5. The third-order valence-corrected chi connectivity index (χ3v) is 4.69. The topological polar surface area (TPSA) is 102 Å². The molecule has 136 valence electrons. The van der Waals surface area contributed by atoms with Crippen molar-refractivity contribution in [3.05, 3.63) is 24.0 Å². The molecule has 0 unspecified atom stereocenters. The maximum absolute atomic E-state index is 11.6. The summed E-state index contributed by atoms with van der Waals surface area (Å²) in [7, 11) is 0. The van der Waals surface area contributed by atoms with Gasteiger partial charge in [0, 0.05) is 17.9 Å². The molecular formula is C18H27N5O2. The maximum Gasteiger partial charge on any atom is 0.254 e. The van der Waals surface area contributed by atoms with E-state index in [-0.39, 0.29) is 5.56 Å². The number of allylic oxidation sites excluding steroid dienone is 1. The van der Waals surface area contributed by atoms with E-state index in [0.29, 0.717) is 30.0 Å². The van der Waals surface area contributed by atoms with Crippen molar-refractivity contribution in [2.45, 2.75) is 70.1 Å². The number of hydrogen-bond donors (Lipinski definition) is 3. The predicted molar refractivity (Wildman–Crippen MR) is 97.4 cm³/mol. The van der Waals surface area contributed by atoms with Gasteiger partial charge in [0.1, 0.15) is 11.4 Å². The number of nitrogens with zero attached hydrogens (tertiary/aromatic N) is 2. The van der Waals surface area contributed by atoms with Crippen molar-refractivity contribution in [3.8, 4) is 0 Å². The van der Waals surface area contributed by atoms with Crippen LogP contribution in [0.5, 0.6) is 0 Å². The zero-order valence-electron chi connectivity index (χ0n) is 14.8. The van der Waals surface area contributed by atoms with E-state index < -0.39 is 5.91 Å². The summed E-state index contributed by atoms with van der Waals surface area (Å²) in [6, 6.07) is 0.320. The van der Waals surface area contributed by atoms with Crippen molar-refractivity contribution >= 4 is 17.7 Å². The lowest BCUT2D eigenvalue weighted by atomic mass is 9.93. The van der Waals surface area contributed by atoms with E-state index in [1.807, 2.05) is 6.92 Å². The first-order valence-corrected chi connectivity index (χ1v) is 9.08. The number of amides is 1. The molecule has 0 aromatic carbocycles. The van der Waals surface area contributed by atoms with E-state index in [1.54, 1.807) is 0 Å². The van der Waals surface area contributed by atoms with Crippen LogP contribution >= 0.6 is 0 Å². The molecule has 0 saturated heterocycles. The predicted octanol–water partition coefficient (Wildman–Crippen LogP) is 2.81. The van der Waals surface area contributed by atoms with Gasteiger partial charge in [0.05, 0.1) is 12.2 Å². The summed E-state index contributed by atoms with van der Waals surface area (Å²) in [4.78, 5) is 20.2. The summed E-state index contributed by atoms with van der Waals surface area (Å²) in [5.74, 6) is 0.348. The highest BCUT2D eigenvalue weighted by Crippen LogP contribution is 2.31. The molecule has 2 saturated carbocycles. The van der Waals surface area contributed by atoms with Crippen LogP contribution < -0.4 is 16.4 Å². The van der Waals surface area contributed by atoms with Gasteiger partial charge in [-0.15, -0.1) is 0 Å². The average Bonchev–Trinajstić information content (AvgIpc) is 3.40. The Kier molecular flexibility index (Phi) is 5.53. The average molecular weight is 345 g/mol. The lowest BCUT2D eigenvalue weighted by Crippen LogP contribution is -2.31. The van der Waals surface area contributed by atoms with Gasteiger partial charge in [-0.3, -0.25) is 4.79 Å². The summed E-state index contributed by atoms with van der Waals surface area (Å²) in [5.41, 5.74) is 6.44. The Balaban J connectivity index is 1.60. The molecule has 0 aliphatic heterocycles. The molecule has 1 aromatic heterocycles. The van der Waals surface area contributed by atoms with Crippen molar-refractivity contribution in [2.75, 3.05) is 10.6 Å². The number of nitrogens with one attached hydrogen (secondary N) is 2. The second-order valence-electron chi connectivity index (χ2n) is 6.86. The van der Waals surface area contributed by atoms with Crippen LogP contribution in [-0.4, -0.2) is 34.1 Å². The second kappa shape index (κ2) is 7.82. The minimum atomic E-state index is -0.560. The zero-order valence-corrected chi connectivity index (χ0v) is 14.8. The summed E-state index contributed by atoms with van der Waals surface area (Å²) in [5, 5.41) is 6.42. The van der Waals surface area contributed by atoms with Gasteiger partial charge < -0.3 is 21.1 Å². The highest BCUT2D eigenvalue weighted by molar-refractivity contribution is 5.97. The number of carbonyl (C=O) groups excluding carboxylic acids is 1. The number of ether oxygens (including phenoxy) is 1. The molecule has 0 radical (unpaired) electrons. The Morgan fingerprint density at radius 3 is 2.48 bits per heavy atom. The lowest BCUT2D eigenvalue weighted by molar-refractivity contribution is 0.0146. The molecular weight excluding hydrogens is 318 g/mol. The van der Waals surface area contributed by atoms with Gasteiger partial charge >= 0.3 is 0 Å². The van der Waals surface area contributed by atoms with Crippen molar-refractivity contribution in [1.29, 1.82) is 0 Å². The molecule has 3 rings (SSSR count). The van der Waals surface area contributed by atoms with Crippen molar-refractivity contribution in [1.82, 2.24) is 9.97 Å². The molecule has 0 atom stereocenters. The molecule has 0 bridgehead atoms. The molecule has 2 aliphatic rings. The molecule has 4 N–H and O–H groups in total. The van der Waals surface area contributed by atoms with Gasteiger partial charge in [0.25, 0.3) is 5.91 Å². The van der Waals surface area contributed by atoms with Crippen LogP contribution in [0, 0.1) is 0 Å². The lowest BCUT2D eigenvalue weighted by Gasteiger charge is -2.29. The summed E-state index contributed by atoms with van der Waals surface area (Å²) in [6.45, 7) is 5.87. The molecule has 1 heterocycles. The van der Waals surface area contributed by atoms with Gasteiger partial charge in [-0.2, -0.15) is 4.98 Å². The number of hydrogen-bond acceptors (Lipinski definition) is 6. The summed E-state index contributed by atoms with van der Waals surface area (Å²) >= 11 is 0. The molecule has 2 fully saturated rings. The first-order valence-electron chi connectivity index (χ1n) is 9.08. The number of primary amides is 1. The SMILES string of the molecule is C=C(CC)Nc1nc(N[C@H]2CC[C@H](OC3CC3)CC2)ncc1C(N)=O. The highest BCUT2D eigenvalue weighted by Gasteiger charge is 2.29. The van der Waals surface area contributed by atoms with E-state index in [9.17, 15) is 4.79 Å². The van der Waals surface area contributed by atoms with Crippen LogP contribution in [0.4, 0.5) is 11.8 Å². The zero-order chi connectivity index (χ0) is 17.8. The number of aromatic nitrogens is 2. The van der Waals surface area contributed by atoms with Gasteiger partial charge in [-0.1, -0.05) is 13.5 Å². The van der Waals surface area contributed by atoms with Gasteiger partial charge in [-0.25, -0.2) is 4.98 Å². The Bertz CT molecular complexity index is 636. The minimum absolute atomic E-state index is 0.265. The largest absolute Gasteiger partial charge is 0.375 e. The Hall–Kier alpha value is -2.15. The normalized spacial score (nSPS) is 23.1.